The Labute approximate surface area is 251 Å². The first kappa shape index (κ1) is 30.4. The molecule has 4 aromatic carbocycles. The van der Waals surface area contributed by atoms with Crippen LogP contribution < -0.4 is 13.6 Å². The third-order valence-electron chi connectivity index (χ3n) is 8.38. The van der Waals surface area contributed by atoms with Crippen molar-refractivity contribution in [3.05, 3.63) is 141 Å². The summed E-state index contributed by atoms with van der Waals surface area (Å²) < 4.78 is 6.10. The molecule has 0 amide bonds. The quantitative estimate of drug-likeness (QED) is 0.196. The van der Waals surface area contributed by atoms with Gasteiger partial charge in [-0.05, 0) is 11.1 Å². The minimum Gasteiger partial charge on any atom is -0.0622 e. The first-order chi connectivity index (χ1) is 19.4. The summed E-state index contributed by atoms with van der Waals surface area (Å²) in [7, 11) is 0. The second-order valence-electron chi connectivity index (χ2n) is 10.9. The van der Waals surface area contributed by atoms with Gasteiger partial charge in [-0.2, -0.15) is 0 Å². The van der Waals surface area contributed by atoms with E-state index >= 15 is 0 Å². The van der Waals surface area contributed by atoms with Crippen molar-refractivity contribution < 1.29 is 21.2 Å². The van der Waals surface area contributed by atoms with Gasteiger partial charge in [-0.1, -0.05) is 60.7 Å². The zero-order valence-corrected chi connectivity index (χ0v) is 28.6. The van der Waals surface area contributed by atoms with Crippen LogP contribution in [0.5, 0.6) is 0 Å². The van der Waals surface area contributed by atoms with E-state index in [-0.39, 0.29) is 0 Å². The van der Waals surface area contributed by atoms with Crippen molar-refractivity contribution in [3.63, 3.8) is 0 Å². The van der Waals surface area contributed by atoms with Gasteiger partial charge < -0.3 is 0 Å². The molecule has 2 atom stereocenters. The SMILES string of the molecule is CCC(C)[NH][Zr]([C]1=C(C)C(C)=C(C)C1C)[SiH](c1ccccc1)c1ccccc1.c1ccc(-c2ccccc2)cc1. The number of rotatable bonds is 8. The molecule has 1 N–H and O–H groups in total. The van der Waals surface area contributed by atoms with E-state index in [1.807, 2.05) is 15.4 Å². The molecule has 1 aliphatic carbocycles. The Morgan fingerprint density at radius 3 is 1.40 bits per heavy atom. The van der Waals surface area contributed by atoms with Crippen LogP contribution in [0.25, 0.3) is 11.1 Å². The second kappa shape index (κ2) is 14.9. The fraction of sp³-hybridized carbons (Fsp3) is 0.243. The summed E-state index contributed by atoms with van der Waals surface area (Å²) in [6.07, 6.45) is 1.20. The van der Waals surface area contributed by atoms with E-state index < -0.39 is 27.1 Å². The predicted molar refractivity (Wildman–Crippen MR) is 174 cm³/mol. The van der Waals surface area contributed by atoms with Crippen LogP contribution in [0, 0.1) is 5.92 Å². The van der Waals surface area contributed by atoms with E-state index in [4.69, 9.17) is 0 Å². The molecule has 3 heteroatoms. The van der Waals surface area contributed by atoms with E-state index in [2.05, 4.69) is 154 Å². The minimum atomic E-state index is -2.15. The van der Waals surface area contributed by atoms with Crippen molar-refractivity contribution in [3.8, 4) is 11.1 Å². The zero-order chi connectivity index (χ0) is 28.5. The summed E-state index contributed by atoms with van der Waals surface area (Å²) in [6.45, 7) is 14.2. The van der Waals surface area contributed by atoms with Gasteiger partial charge in [0, 0.05) is 0 Å². The van der Waals surface area contributed by atoms with Gasteiger partial charge in [-0.25, -0.2) is 0 Å². The van der Waals surface area contributed by atoms with Gasteiger partial charge in [0.25, 0.3) is 0 Å². The molecule has 2 unspecified atom stereocenters. The maximum atomic E-state index is 4.28. The predicted octanol–water partition coefficient (Wildman–Crippen LogP) is 8.06. The third kappa shape index (κ3) is 7.38. The Bertz CT molecular complexity index is 1320. The van der Waals surface area contributed by atoms with Gasteiger partial charge in [0.05, 0.1) is 0 Å². The molecule has 205 valence electrons. The molecule has 0 bridgehead atoms. The largest absolute Gasteiger partial charge is 0.0622 e. The Morgan fingerprint density at radius 2 is 1.05 bits per heavy atom. The van der Waals surface area contributed by atoms with Gasteiger partial charge in [0.15, 0.2) is 0 Å². The molecule has 0 saturated heterocycles. The molecule has 0 spiro atoms. The Hall–Kier alpha value is -2.58. The third-order valence-corrected chi connectivity index (χ3v) is 28.4. The summed E-state index contributed by atoms with van der Waals surface area (Å²) in [5.74, 6) is -0.714. The summed E-state index contributed by atoms with van der Waals surface area (Å²) >= 11 is -2.15. The zero-order valence-electron chi connectivity index (χ0n) is 25.0. The normalized spacial score (nSPS) is 15.6. The standard InChI is InChI=1S/C12H11Si.C12H10.C9H13.C4H10N.Zr/c1-3-7-11(8-4-1)13-12-9-5-2-6-10-12;1-3-7-11(8-4-1)12-9-5-2-6-10-12;1-6-5-7(2)9(4)8(6)3;1-3-4(2)5;/h1-10,13H;1-10H;6H,1-4H3;4-5H,3H2,1-2H3;/q;;;-1;+1. The first-order valence-corrected chi connectivity index (χ1v) is 23.1. The topological polar surface area (TPSA) is 12.0 Å². The molecule has 1 aliphatic rings. The van der Waals surface area contributed by atoms with Crippen LogP contribution in [-0.4, -0.2) is 12.0 Å². The molecule has 1 nitrogen and oxygen atoms in total. The maximum Gasteiger partial charge on any atom is -0.0184 e. The number of hydrogen-bond donors (Lipinski definition) is 1. The number of allylic oxidation sites excluding steroid dienone is 4. The van der Waals surface area contributed by atoms with Crippen molar-refractivity contribution in [2.75, 3.05) is 0 Å². The summed E-state index contributed by atoms with van der Waals surface area (Å²) in [6, 6.07) is 44.2. The van der Waals surface area contributed by atoms with E-state index in [9.17, 15) is 0 Å². The molecule has 0 heterocycles. The molecular weight excluding hydrogens is 578 g/mol. The summed E-state index contributed by atoms with van der Waals surface area (Å²) in [5.41, 5.74) is 7.28. The van der Waals surface area contributed by atoms with Gasteiger partial charge in [-0.15, -0.1) is 0 Å². The van der Waals surface area contributed by atoms with Crippen LogP contribution in [0.4, 0.5) is 0 Å². The van der Waals surface area contributed by atoms with Crippen molar-refractivity contribution in [2.24, 2.45) is 5.92 Å². The fourth-order valence-corrected chi connectivity index (χ4v) is 29.3. The molecule has 0 aliphatic heterocycles. The first-order valence-electron chi connectivity index (χ1n) is 14.6. The Morgan fingerprint density at radius 1 is 0.650 bits per heavy atom. The van der Waals surface area contributed by atoms with E-state index in [1.54, 1.807) is 27.1 Å². The molecule has 40 heavy (non-hydrogen) atoms. The molecule has 0 aromatic heterocycles. The smallest absolute Gasteiger partial charge is 0.0184 e. The molecule has 0 saturated carbocycles. The van der Waals surface area contributed by atoms with Crippen LogP contribution in [0.1, 0.15) is 48.0 Å². The summed E-state index contributed by atoms with van der Waals surface area (Å²) in [5, 5.41) is 3.21. The Balaban J connectivity index is 0.000000255. The molecule has 5 rings (SSSR count). The second-order valence-corrected chi connectivity index (χ2v) is 24.9. The van der Waals surface area contributed by atoms with E-state index in [1.165, 1.54) is 17.5 Å². The fourth-order valence-electron chi connectivity index (χ4n) is 5.56. The number of hydrogen-bond acceptors (Lipinski definition) is 1. The van der Waals surface area contributed by atoms with Gasteiger partial charge in [0.2, 0.25) is 0 Å². The van der Waals surface area contributed by atoms with Crippen LogP contribution >= 0.6 is 0 Å². The van der Waals surface area contributed by atoms with E-state index in [0.717, 1.165) is 0 Å². The van der Waals surface area contributed by atoms with Gasteiger partial charge in [-0.3, -0.25) is 0 Å². The van der Waals surface area contributed by atoms with Crippen molar-refractivity contribution in [1.29, 1.82) is 0 Å². The number of benzene rings is 4. The molecule has 4 aromatic rings. The minimum absolute atomic E-state index is 0.588. The average Bonchev–Trinajstić information content (AvgIpc) is 3.21. The Kier molecular flexibility index (Phi) is 11.3. The van der Waals surface area contributed by atoms with Gasteiger partial charge in [0.1, 0.15) is 0 Å². The molecule has 0 fully saturated rings. The van der Waals surface area contributed by atoms with Crippen LogP contribution in [0.2, 0.25) is 0 Å². The van der Waals surface area contributed by atoms with E-state index in [0.29, 0.717) is 12.0 Å². The van der Waals surface area contributed by atoms with Crippen LogP contribution in [0.3, 0.4) is 0 Å². The maximum absolute atomic E-state index is 4.28. The number of nitrogens with one attached hydrogen (secondary N) is 1. The van der Waals surface area contributed by atoms with Crippen LogP contribution in [-0.2, 0) is 21.2 Å². The van der Waals surface area contributed by atoms with Crippen molar-refractivity contribution in [2.45, 2.75) is 54.0 Å². The van der Waals surface area contributed by atoms with Crippen LogP contribution in [0.15, 0.2) is 141 Å². The monoisotopic (exact) mass is 620 g/mol. The molecule has 0 radical (unpaired) electrons. The van der Waals surface area contributed by atoms with Gasteiger partial charge >= 0.3 is 181 Å². The summed E-state index contributed by atoms with van der Waals surface area (Å²) in [4.78, 5) is 0. The average molecular weight is 622 g/mol. The van der Waals surface area contributed by atoms with Crippen molar-refractivity contribution >= 4 is 16.3 Å². The van der Waals surface area contributed by atoms with Crippen molar-refractivity contribution in [1.82, 2.24) is 3.26 Å². The molecular formula is C37H44NSiZr.